The van der Waals surface area contributed by atoms with Gasteiger partial charge in [0.05, 0.1) is 11.3 Å². The number of H-pyrrole nitrogens is 1. The molecule has 25 heavy (non-hydrogen) atoms. The molecule has 6 nitrogen and oxygen atoms in total. The second-order valence-corrected chi connectivity index (χ2v) is 8.28. The fourth-order valence-corrected chi connectivity index (χ4v) is 4.55. The number of sulfonamides is 1. The Hall–Kier alpha value is -2.12. The van der Waals surface area contributed by atoms with Crippen LogP contribution in [0.2, 0.25) is 0 Å². The Kier molecular flexibility index (Phi) is 5.55. The summed E-state index contributed by atoms with van der Waals surface area (Å²) in [5.74, 6) is 0.0488. The molecule has 0 unspecified atom stereocenters. The van der Waals surface area contributed by atoms with Gasteiger partial charge in [-0.15, -0.1) is 0 Å². The molecule has 7 heteroatoms. The van der Waals surface area contributed by atoms with Crippen LogP contribution in [0.1, 0.15) is 22.3 Å². The lowest BCUT2D eigenvalue weighted by molar-refractivity contribution is 0.0764. The topological polar surface area (TPSA) is 73.5 Å². The van der Waals surface area contributed by atoms with Crippen LogP contribution < -0.4 is 0 Å². The van der Waals surface area contributed by atoms with Gasteiger partial charge in [0.15, 0.2) is 0 Å². The molecule has 1 aromatic carbocycles. The van der Waals surface area contributed by atoms with E-state index in [4.69, 9.17) is 0 Å². The number of hydrogen-bond donors (Lipinski definition) is 1. The molecular weight excluding hydrogens is 338 g/mol. The summed E-state index contributed by atoms with van der Waals surface area (Å²) >= 11 is 0. The van der Waals surface area contributed by atoms with Crippen molar-refractivity contribution in [3.05, 3.63) is 59.9 Å². The Labute approximate surface area is 148 Å². The van der Waals surface area contributed by atoms with E-state index < -0.39 is 10.0 Å². The van der Waals surface area contributed by atoms with Gasteiger partial charge in [-0.3, -0.25) is 4.79 Å². The minimum absolute atomic E-state index is 0.0511. The van der Waals surface area contributed by atoms with Gasteiger partial charge in [-0.2, -0.15) is 0 Å². The molecule has 0 aliphatic carbocycles. The predicted octanol–water partition coefficient (Wildman–Crippen LogP) is 1.74. The number of carbonyl (C=O) groups is 1. The summed E-state index contributed by atoms with van der Waals surface area (Å²) in [6, 6.07) is 11.4. The van der Waals surface area contributed by atoms with E-state index in [0.717, 1.165) is 5.56 Å². The number of nitrogens with one attached hydrogen (secondary N) is 1. The van der Waals surface area contributed by atoms with Gasteiger partial charge in [-0.25, -0.2) is 12.7 Å². The van der Waals surface area contributed by atoms with Crippen molar-refractivity contribution in [2.24, 2.45) is 0 Å². The molecule has 0 radical (unpaired) electrons. The number of nitrogens with zero attached hydrogens (tertiary/aromatic N) is 2. The Balaban J connectivity index is 1.59. The number of aryl methyl sites for hydroxylation is 1. The molecule has 2 aromatic rings. The van der Waals surface area contributed by atoms with Crippen LogP contribution in [0.5, 0.6) is 0 Å². The summed E-state index contributed by atoms with van der Waals surface area (Å²) in [5.41, 5.74) is 1.63. The number of aromatic amines is 1. The molecule has 1 fully saturated rings. The highest BCUT2D eigenvalue weighted by Gasteiger charge is 2.27. The first-order chi connectivity index (χ1) is 12.1. The van der Waals surface area contributed by atoms with Crippen molar-refractivity contribution in [3.8, 4) is 0 Å². The van der Waals surface area contributed by atoms with E-state index in [9.17, 15) is 13.2 Å². The molecule has 3 rings (SSSR count). The van der Waals surface area contributed by atoms with Gasteiger partial charge in [0, 0.05) is 38.6 Å². The average molecular weight is 361 g/mol. The van der Waals surface area contributed by atoms with Crippen LogP contribution >= 0.6 is 0 Å². The van der Waals surface area contributed by atoms with Gasteiger partial charge >= 0.3 is 0 Å². The van der Waals surface area contributed by atoms with Crippen LogP contribution in [0.25, 0.3) is 0 Å². The van der Waals surface area contributed by atoms with Crippen LogP contribution in [-0.4, -0.2) is 60.4 Å². The zero-order chi connectivity index (χ0) is 17.7. The van der Waals surface area contributed by atoms with E-state index in [1.165, 1.54) is 4.31 Å². The van der Waals surface area contributed by atoms with Crippen LogP contribution in [0.3, 0.4) is 0 Å². The zero-order valence-electron chi connectivity index (χ0n) is 14.1. The lowest BCUT2D eigenvalue weighted by Crippen LogP contribution is -2.38. The van der Waals surface area contributed by atoms with Crippen molar-refractivity contribution in [1.29, 1.82) is 0 Å². The van der Waals surface area contributed by atoms with E-state index in [0.29, 0.717) is 44.6 Å². The molecular formula is C18H23N3O3S. The van der Waals surface area contributed by atoms with Crippen molar-refractivity contribution < 1.29 is 13.2 Å². The Bertz CT molecular complexity index is 788. The minimum atomic E-state index is -3.32. The maximum atomic E-state index is 12.6. The second kappa shape index (κ2) is 7.84. The van der Waals surface area contributed by atoms with Crippen LogP contribution in [0, 0.1) is 0 Å². The van der Waals surface area contributed by atoms with Gasteiger partial charge in [0.1, 0.15) is 0 Å². The van der Waals surface area contributed by atoms with Crippen LogP contribution in [0.15, 0.2) is 48.8 Å². The molecule has 1 saturated heterocycles. The summed E-state index contributed by atoms with van der Waals surface area (Å²) in [6.45, 7) is 1.82. The molecule has 1 aliphatic rings. The van der Waals surface area contributed by atoms with E-state index in [1.807, 2.05) is 30.3 Å². The minimum Gasteiger partial charge on any atom is -0.367 e. The number of hydrogen-bond acceptors (Lipinski definition) is 3. The first-order valence-electron chi connectivity index (χ1n) is 8.50. The molecule has 2 heterocycles. The first-order valence-corrected chi connectivity index (χ1v) is 10.1. The van der Waals surface area contributed by atoms with Gasteiger partial charge in [-0.05, 0) is 24.5 Å². The summed E-state index contributed by atoms with van der Waals surface area (Å²) in [4.78, 5) is 17.0. The summed E-state index contributed by atoms with van der Waals surface area (Å²) in [7, 11) is -3.32. The number of benzene rings is 1. The SMILES string of the molecule is O=C(c1cc[nH]c1)N1CCCN(S(=O)(=O)CCc2ccccc2)CC1. The highest BCUT2D eigenvalue weighted by Crippen LogP contribution is 2.13. The molecule has 1 aromatic heterocycles. The smallest absolute Gasteiger partial charge is 0.255 e. The second-order valence-electron chi connectivity index (χ2n) is 6.20. The predicted molar refractivity (Wildman–Crippen MR) is 96.8 cm³/mol. The summed E-state index contributed by atoms with van der Waals surface area (Å²) < 4.78 is 26.8. The van der Waals surface area contributed by atoms with Crippen molar-refractivity contribution in [3.63, 3.8) is 0 Å². The highest BCUT2D eigenvalue weighted by atomic mass is 32.2. The van der Waals surface area contributed by atoms with E-state index in [-0.39, 0.29) is 11.7 Å². The van der Waals surface area contributed by atoms with Crippen molar-refractivity contribution in [2.45, 2.75) is 12.8 Å². The highest BCUT2D eigenvalue weighted by molar-refractivity contribution is 7.89. The molecule has 0 spiro atoms. The number of amides is 1. The third kappa shape index (κ3) is 4.49. The summed E-state index contributed by atoms with van der Waals surface area (Å²) in [5, 5.41) is 0. The Morgan fingerprint density at radius 1 is 1.04 bits per heavy atom. The lowest BCUT2D eigenvalue weighted by atomic mass is 10.2. The molecule has 0 atom stereocenters. The van der Waals surface area contributed by atoms with Gasteiger partial charge in [0.25, 0.3) is 5.91 Å². The monoisotopic (exact) mass is 361 g/mol. The fourth-order valence-electron chi connectivity index (χ4n) is 3.04. The van der Waals surface area contributed by atoms with Gasteiger partial charge in [-0.1, -0.05) is 30.3 Å². The third-order valence-electron chi connectivity index (χ3n) is 4.47. The standard InChI is InChI=1S/C18H23N3O3S/c22-18(17-7-9-19-15-17)20-10-4-11-21(13-12-20)25(23,24)14-8-16-5-2-1-3-6-16/h1-3,5-7,9,15,19H,4,8,10-14H2. The quantitative estimate of drug-likeness (QED) is 0.881. The molecule has 134 valence electrons. The first kappa shape index (κ1) is 17.7. The fraction of sp³-hybridized carbons (Fsp3) is 0.389. The maximum Gasteiger partial charge on any atom is 0.255 e. The average Bonchev–Trinajstić information content (AvgIpc) is 3.04. The molecule has 1 aliphatic heterocycles. The molecule has 0 saturated carbocycles. The van der Waals surface area contributed by atoms with Crippen LogP contribution in [-0.2, 0) is 16.4 Å². The van der Waals surface area contributed by atoms with Crippen LogP contribution in [0.4, 0.5) is 0 Å². The number of carbonyl (C=O) groups excluding carboxylic acids is 1. The molecule has 1 amide bonds. The van der Waals surface area contributed by atoms with Crippen molar-refractivity contribution in [1.82, 2.24) is 14.2 Å². The van der Waals surface area contributed by atoms with Crippen molar-refractivity contribution in [2.75, 3.05) is 31.9 Å². The largest absolute Gasteiger partial charge is 0.367 e. The third-order valence-corrected chi connectivity index (χ3v) is 6.34. The Morgan fingerprint density at radius 3 is 2.56 bits per heavy atom. The van der Waals surface area contributed by atoms with Gasteiger partial charge < -0.3 is 9.88 Å². The normalized spacial score (nSPS) is 16.6. The van der Waals surface area contributed by atoms with Crippen molar-refractivity contribution >= 4 is 15.9 Å². The zero-order valence-corrected chi connectivity index (χ0v) is 14.9. The molecule has 0 bridgehead atoms. The lowest BCUT2D eigenvalue weighted by Gasteiger charge is -2.21. The van der Waals surface area contributed by atoms with E-state index in [2.05, 4.69) is 4.98 Å². The van der Waals surface area contributed by atoms with E-state index in [1.54, 1.807) is 23.4 Å². The molecule has 1 N–H and O–H groups in total. The van der Waals surface area contributed by atoms with E-state index >= 15 is 0 Å². The van der Waals surface area contributed by atoms with Gasteiger partial charge in [0.2, 0.25) is 10.0 Å². The Morgan fingerprint density at radius 2 is 1.84 bits per heavy atom. The maximum absolute atomic E-state index is 12.6. The summed E-state index contributed by atoms with van der Waals surface area (Å²) in [6.07, 6.45) is 4.54. The number of rotatable bonds is 5. The number of aromatic nitrogens is 1.